The Kier molecular flexibility index (Phi) is 6.41. The second-order valence-electron chi connectivity index (χ2n) is 7.12. The van der Waals surface area contributed by atoms with Crippen molar-refractivity contribution in [2.45, 2.75) is 25.2 Å². The summed E-state index contributed by atoms with van der Waals surface area (Å²) in [6.45, 7) is 4.06. The van der Waals surface area contributed by atoms with Crippen molar-refractivity contribution >= 4 is 11.6 Å². The average Bonchev–Trinajstić information content (AvgIpc) is 2.73. The summed E-state index contributed by atoms with van der Waals surface area (Å²) in [7, 11) is 3.34. The zero-order chi connectivity index (χ0) is 20.0. The van der Waals surface area contributed by atoms with E-state index < -0.39 is 0 Å². The van der Waals surface area contributed by atoms with Crippen LogP contribution in [0.25, 0.3) is 0 Å². The summed E-state index contributed by atoms with van der Waals surface area (Å²) in [6, 6.07) is 13.9. The number of anilines is 1. The van der Waals surface area contributed by atoms with Crippen molar-refractivity contribution in [1.29, 1.82) is 0 Å². The SMILES string of the molecule is COc1ccccc1NC(N)=NCC1(c2cc(C)ccc2OC)CCOCC1. The Bertz CT molecular complexity index is 830. The molecule has 2 aromatic carbocycles. The minimum atomic E-state index is -0.164. The van der Waals surface area contributed by atoms with Crippen LogP contribution in [0.5, 0.6) is 11.5 Å². The number of benzene rings is 2. The lowest BCUT2D eigenvalue weighted by molar-refractivity contribution is 0.0523. The van der Waals surface area contributed by atoms with Gasteiger partial charge < -0.3 is 25.3 Å². The van der Waals surface area contributed by atoms with Gasteiger partial charge in [0, 0.05) is 24.2 Å². The Morgan fingerprint density at radius 1 is 1.11 bits per heavy atom. The number of aliphatic imine (C=N–C) groups is 1. The van der Waals surface area contributed by atoms with E-state index in [1.54, 1.807) is 14.2 Å². The molecular weight excluding hydrogens is 354 g/mol. The number of rotatable bonds is 6. The molecule has 0 amide bonds. The molecule has 0 atom stereocenters. The lowest BCUT2D eigenvalue weighted by Crippen LogP contribution is -2.38. The molecule has 3 N–H and O–H groups in total. The summed E-state index contributed by atoms with van der Waals surface area (Å²) in [4.78, 5) is 4.69. The van der Waals surface area contributed by atoms with Crippen molar-refractivity contribution in [3.05, 3.63) is 53.6 Å². The number of methoxy groups -OCH3 is 2. The van der Waals surface area contributed by atoms with Crippen LogP contribution in [0, 0.1) is 6.92 Å². The van der Waals surface area contributed by atoms with E-state index in [0.29, 0.717) is 25.7 Å². The maximum absolute atomic E-state index is 6.20. The van der Waals surface area contributed by atoms with Gasteiger partial charge in [0.2, 0.25) is 0 Å². The highest BCUT2D eigenvalue weighted by molar-refractivity contribution is 5.93. The van der Waals surface area contributed by atoms with Crippen LogP contribution >= 0.6 is 0 Å². The normalized spacial score (nSPS) is 16.5. The van der Waals surface area contributed by atoms with Crippen LogP contribution in [0.2, 0.25) is 0 Å². The summed E-state index contributed by atoms with van der Waals surface area (Å²) < 4.78 is 16.7. The fourth-order valence-electron chi connectivity index (χ4n) is 3.67. The highest BCUT2D eigenvalue weighted by Crippen LogP contribution is 2.40. The standard InChI is InChI=1S/C22H29N3O3/c1-16-8-9-19(26-2)17(14-16)22(10-12-28-13-11-22)15-24-21(23)25-18-6-4-5-7-20(18)27-3/h4-9,14H,10-13,15H2,1-3H3,(H3,23,24,25). The molecule has 0 saturated carbocycles. The van der Waals surface area contributed by atoms with Gasteiger partial charge in [0.05, 0.1) is 26.5 Å². The molecule has 0 aliphatic carbocycles. The van der Waals surface area contributed by atoms with E-state index in [1.165, 1.54) is 11.1 Å². The quantitative estimate of drug-likeness (QED) is 0.590. The van der Waals surface area contributed by atoms with Crippen molar-refractivity contribution < 1.29 is 14.2 Å². The molecule has 0 aromatic heterocycles. The third kappa shape index (κ3) is 4.39. The first-order valence-corrected chi connectivity index (χ1v) is 9.51. The van der Waals surface area contributed by atoms with E-state index in [9.17, 15) is 0 Å². The summed E-state index contributed by atoms with van der Waals surface area (Å²) in [6.07, 6.45) is 1.75. The van der Waals surface area contributed by atoms with Gasteiger partial charge in [-0.3, -0.25) is 4.99 Å². The highest BCUT2D eigenvalue weighted by Gasteiger charge is 2.37. The largest absolute Gasteiger partial charge is 0.496 e. The molecule has 0 unspecified atom stereocenters. The number of nitrogens with two attached hydrogens (primary N) is 1. The van der Waals surface area contributed by atoms with Gasteiger partial charge in [0.15, 0.2) is 5.96 Å². The molecule has 0 bridgehead atoms. The summed E-state index contributed by atoms with van der Waals surface area (Å²) >= 11 is 0. The molecule has 0 spiro atoms. The number of guanidine groups is 1. The molecule has 6 heteroatoms. The molecule has 1 saturated heterocycles. The zero-order valence-electron chi connectivity index (χ0n) is 16.8. The van der Waals surface area contributed by atoms with Gasteiger partial charge in [0.25, 0.3) is 0 Å². The van der Waals surface area contributed by atoms with Crippen molar-refractivity contribution in [2.75, 3.05) is 39.3 Å². The first kappa shape index (κ1) is 20.0. The summed E-state index contributed by atoms with van der Waals surface area (Å²) in [5.74, 6) is 1.97. The van der Waals surface area contributed by atoms with Crippen molar-refractivity contribution in [1.82, 2.24) is 0 Å². The lowest BCUT2D eigenvalue weighted by Gasteiger charge is -2.37. The minimum absolute atomic E-state index is 0.164. The fraction of sp³-hybridized carbons (Fsp3) is 0.409. The molecular formula is C22H29N3O3. The lowest BCUT2D eigenvalue weighted by atomic mass is 9.73. The fourth-order valence-corrected chi connectivity index (χ4v) is 3.67. The molecule has 1 heterocycles. The molecule has 1 fully saturated rings. The van der Waals surface area contributed by atoms with Crippen LogP contribution in [0.1, 0.15) is 24.0 Å². The number of para-hydroxylation sites is 2. The van der Waals surface area contributed by atoms with Gasteiger partial charge in [0.1, 0.15) is 11.5 Å². The molecule has 28 heavy (non-hydrogen) atoms. The van der Waals surface area contributed by atoms with Gasteiger partial charge in [-0.05, 0) is 38.0 Å². The van der Waals surface area contributed by atoms with E-state index in [2.05, 4.69) is 29.4 Å². The molecule has 0 radical (unpaired) electrons. The highest BCUT2D eigenvalue weighted by atomic mass is 16.5. The van der Waals surface area contributed by atoms with E-state index in [0.717, 1.165) is 30.0 Å². The second-order valence-corrected chi connectivity index (χ2v) is 7.12. The molecule has 1 aliphatic heterocycles. The van der Waals surface area contributed by atoms with Crippen molar-refractivity contribution in [3.8, 4) is 11.5 Å². The van der Waals surface area contributed by atoms with Crippen molar-refractivity contribution in [3.63, 3.8) is 0 Å². The van der Waals surface area contributed by atoms with Gasteiger partial charge in [-0.1, -0.05) is 29.8 Å². The van der Waals surface area contributed by atoms with Crippen LogP contribution in [0.15, 0.2) is 47.5 Å². The molecule has 2 aromatic rings. The van der Waals surface area contributed by atoms with Crippen LogP contribution in [0.3, 0.4) is 0 Å². The van der Waals surface area contributed by atoms with Gasteiger partial charge >= 0.3 is 0 Å². The van der Waals surface area contributed by atoms with E-state index >= 15 is 0 Å². The first-order chi connectivity index (χ1) is 13.6. The number of hydrogen-bond acceptors (Lipinski definition) is 4. The smallest absolute Gasteiger partial charge is 0.193 e. The maximum atomic E-state index is 6.20. The minimum Gasteiger partial charge on any atom is -0.496 e. The topological polar surface area (TPSA) is 78.1 Å². The monoisotopic (exact) mass is 383 g/mol. The van der Waals surface area contributed by atoms with Crippen LogP contribution in [-0.4, -0.2) is 39.9 Å². The molecule has 6 nitrogen and oxygen atoms in total. The van der Waals surface area contributed by atoms with Crippen LogP contribution in [0.4, 0.5) is 5.69 Å². The zero-order valence-corrected chi connectivity index (χ0v) is 16.8. The van der Waals surface area contributed by atoms with Crippen molar-refractivity contribution in [2.24, 2.45) is 10.7 Å². The number of hydrogen-bond donors (Lipinski definition) is 2. The van der Waals surface area contributed by atoms with E-state index in [4.69, 9.17) is 19.9 Å². The third-order valence-corrected chi connectivity index (χ3v) is 5.30. The number of nitrogens with one attached hydrogen (secondary N) is 1. The van der Waals surface area contributed by atoms with Gasteiger partial charge in [-0.15, -0.1) is 0 Å². The van der Waals surface area contributed by atoms with Crippen LogP contribution < -0.4 is 20.5 Å². The Morgan fingerprint density at radius 2 is 1.82 bits per heavy atom. The number of ether oxygens (including phenoxy) is 3. The predicted octanol–water partition coefficient (Wildman–Crippen LogP) is 3.49. The summed E-state index contributed by atoms with van der Waals surface area (Å²) in [5.41, 5.74) is 9.21. The molecule has 1 aliphatic rings. The summed E-state index contributed by atoms with van der Waals surface area (Å²) in [5, 5.41) is 3.15. The first-order valence-electron chi connectivity index (χ1n) is 9.51. The number of nitrogens with zero attached hydrogens (tertiary/aromatic N) is 1. The molecule has 3 rings (SSSR count). The molecule has 150 valence electrons. The van der Waals surface area contributed by atoms with E-state index in [1.807, 2.05) is 30.3 Å². The van der Waals surface area contributed by atoms with Crippen LogP contribution in [-0.2, 0) is 10.2 Å². The Labute approximate surface area is 166 Å². The Balaban J connectivity index is 1.87. The maximum Gasteiger partial charge on any atom is 0.193 e. The number of aryl methyl sites for hydroxylation is 1. The van der Waals surface area contributed by atoms with Gasteiger partial charge in [-0.25, -0.2) is 0 Å². The van der Waals surface area contributed by atoms with Gasteiger partial charge in [-0.2, -0.15) is 0 Å². The third-order valence-electron chi connectivity index (χ3n) is 5.30. The predicted molar refractivity (Wildman–Crippen MR) is 113 cm³/mol. The van der Waals surface area contributed by atoms with E-state index in [-0.39, 0.29) is 5.41 Å². The second kappa shape index (κ2) is 8.97. The Morgan fingerprint density at radius 3 is 2.54 bits per heavy atom. The Hall–Kier alpha value is -2.73. The average molecular weight is 383 g/mol.